The topological polar surface area (TPSA) is 68.2 Å². The minimum absolute atomic E-state index is 0.372. The number of urea groups is 1. The summed E-state index contributed by atoms with van der Waals surface area (Å²) in [6.07, 6.45) is 3.60. The lowest BCUT2D eigenvalue weighted by atomic mass is 10.2. The van der Waals surface area contributed by atoms with Gasteiger partial charge in [0.05, 0.1) is 0 Å². The molecule has 0 atom stereocenters. The number of amides is 2. The first-order chi connectivity index (χ1) is 13.7. The predicted octanol–water partition coefficient (Wildman–Crippen LogP) is 4.80. The maximum Gasteiger partial charge on any atom is 0.324 e. The van der Waals surface area contributed by atoms with Crippen LogP contribution in [0.4, 0.5) is 16.3 Å². The number of rotatable bonds is 5. The zero-order valence-electron chi connectivity index (χ0n) is 15.4. The number of aromatic nitrogens is 2. The molecule has 0 aliphatic heterocycles. The second-order valence-electron chi connectivity index (χ2n) is 6.40. The van der Waals surface area contributed by atoms with Crippen molar-refractivity contribution in [2.75, 3.05) is 10.6 Å². The number of nitrogens with one attached hydrogen (secondary N) is 2. The van der Waals surface area contributed by atoms with Crippen LogP contribution in [0, 0.1) is 0 Å². The fourth-order valence-corrected chi connectivity index (χ4v) is 2.97. The number of anilines is 2. The molecule has 2 aromatic heterocycles. The molecule has 0 radical (unpaired) electrons. The molecule has 0 unspecified atom stereocenters. The third kappa shape index (κ3) is 3.96. The Morgan fingerprint density at radius 3 is 2.75 bits per heavy atom. The van der Waals surface area contributed by atoms with Gasteiger partial charge in [-0.1, -0.05) is 30.3 Å². The van der Waals surface area contributed by atoms with Gasteiger partial charge in [-0.2, -0.15) is 0 Å². The molecule has 2 amide bonds. The van der Waals surface area contributed by atoms with Crippen LogP contribution in [-0.4, -0.2) is 15.6 Å². The van der Waals surface area contributed by atoms with Crippen LogP contribution in [0.5, 0.6) is 5.75 Å². The summed E-state index contributed by atoms with van der Waals surface area (Å²) in [6, 6.07) is 20.8. The van der Waals surface area contributed by atoms with Gasteiger partial charge in [-0.05, 0) is 42.0 Å². The molecule has 0 aliphatic rings. The van der Waals surface area contributed by atoms with E-state index in [1.165, 1.54) is 0 Å². The van der Waals surface area contributed by atoms with Gasteiger partial charge in [0.25, 0.3) is 0 Å². The molecule has 4 rings (SSSR count). The molecule has 2 heterocycles. The highest BCUT2D eigenvalue weighted by Crippen LogP contribution is 2.23. The Morgan fingerprint density at radius 2 is 1.89 bits per heavy atom. The van der Waals surface area contributed by atoms with Gasteiger partial charge in [0.15, 0.2) is 11.6 Å². The van der Waals surface area contributed by atoms with E-state index in [4.69, 9.17) is 4.74 Å². The first kappa shape index (κ1) is 17.6. The fourth-order valence-electron chi connectivity index (χ4n) is 2.97. The molecule has 0 fully saturated rings. The molecule has 140 valence electrons. The van der Waals surface area contributed by atoms with Crippen LogP contribution in [0.2, 0.25) is 0 Å². The number of fused-ring (bicyclic) bond motifs is 1. The van der Waals surface area contributed by atoms with Crippen molar-refractivity contribution >= 4 is 28.4 Å². The number of aryl methyl sites for hydroxylation is 1. The van der Waals surface area contributed by atoms with E-state index in [0.29, 0.717) is 23.9 Å². The van der Waals surface area contributed by atoms with E-state index in [1.54, 1.807) is 18.3 Å². The zero-order chi connectivity index (χ0) is 19.3. The predicted molar refractivity (Wildman–Crippen MR) is 111 cm³/mol. The Balaban J connectivity index is 1.43. The number of pyridine rings is 1. The maximum atomic E-state index is 12.4. The van der Waals surface area contributed by atoms with E-state index in [-0.39, 0.29) is 6.03 Å². The van der Waals surface area contributed by atoms with E-state index in [9.17, 15) is 4.79 Å². The normalized spacial score (nSPS) is 10.6. The van der Waals surface area contributed by atoms with Crippen LogP contribution >= 0.6 is 0 Å². The third-order valence-corrected chi connectivity index (χ3v) is 4.38. The first-order valence-electron chi connectivity index (χ1n) is 8.94. The molecular weight excluding hydrogens is 352 g/mol. The minimum atomic E-state index is -0.376. The molecule has 0 spiro atoms. The Hall–Kier alpha value is -3.80. The summed E-state index contributed by atoms with van der Waals surface area (Å²) in [5.41, 5.74) is 2.85. The van der Waals surface area contributed by atoms with Crippen LogP contribution < -0.4 is 15.4 Å². The average molecular weight is 372 g/mol. The van der Waals surface area contributed by atoms with Gasteiger partial charge >= 0.3 is 6.03 Å². The van der Waals surface area contributed by atoms with E-state index < -0.39 is 0 Å². The molecule has 28 heavy (non-hydrogen) atoms. The van der Waals surface area contributed by atoms with Crippen LogP contribution in [-0.2, 0) is 13.7 Å². The molecule has 0 saturated heterocycles. The van der Waals surface area contributed by atoms with Gasteiger partial charge in [0.2, 0.25) is 0 Å². The quantitative estimate of drug-likeness (QED) is 0.529. The molecule has 0 bridgehead atoms. The second-order valence-corrected chi connectivity index (χ2v) is 6.40. The average Bonchev–Trinajstić information content (AvgIpc) is 3.08. The molecule has 2 aromatic carbocycles. The Bertz CT molecular complexity index is 1110. The van der Waals surface area contributed by atoms with Crippen LogP contribution in [0.1, 0.15) is 5.56 Å². The Labute approximate surface area is 162 Å². The van der Waals surface area contributed by atoms with Gasteiger partial charge in [-0.25, -0.2) is 9.78 Å². The van der Waals surface area contributed by atoms with Crippen LogP contribution in [0.3, 0.4) is 0 Å². The summed E-state index contributed by atoms with van der Waals surface area (Å²) in [6.45, 7) is 0.396. The summed E-state index contributed by atoms with van der Waals surface area (Å²) < 4.78 is 7.86. The highest BCUT2D eigenvalue weighted by Gasteiger charge is 2.10. The molecule has 6 nitrogen and oxygen atoms in total. The lowest BCUT2D eigenvalue weighted by molar-refractivity contribution is 0.261. The van der Waals surface area contributed by atoms with Crippen molar-refractivity contribution < 1.29 is 9.53 Å². The van der Waals surface area contributed by atoms with E-state index >= 15 is 0 Å². The highest BCUT2D eigenvalue weighted by atomic mass is 16.5. The smallest absolute Gasteiger partial charge is 0.324 e. The molecule has 0 aliphatic carbocycles. The molecule has 2 N–H and O–H groups in total. The van der Waals surface area contributed by atoms with E-state index in [2.05, 4.69) is 15.6 Å². The van der Waals surface area contributed by atoms with E-state index in [1.807, 2.05) is 72.4 Å². The number of ether oxygens (including phenoxy) is 1. The fraction of sp³-hybridized carbons (Fsp3) is 0.0909. The van der Waals surface area contributed by atoms with Crippen molar-refractivity contribution in [2.45, 2.75) is 6.61 Å². The highest BCUT2D eigenvalue weighted by molar-refractivity contribution is 6.01. The maximum absolute atomic E-state index is 12.4. The standard InChI is InChI=1S/C22H20N4O2/c1-26-13-11-17-14-18(9-10-19(17)26)24-22(27)25-21-20(8-5-12-23-21)28-15-16-6-3-2-4-7-16/h2-14H,15H2,1H3,(H2,23,24,25,27). The summed E-state index contributed by atoms with van der Waals surface area (Å²) in [5.74, 6) is 0.886. The lowest BCUT2D eigenvalue weighted by Gasteiger charge is -2.12. The second kappa shape index (κ2) is 7.84. The Morgan fingerprint density at radius 1 is 1.04 bits per heavy atom. The first-order valence-corrected chi connectivity index (χ1v) is 8.94. The van der Waals surface area contributed by atoms with Crippen molar-refractivity contribution in [3.63, 3.8) is 0 Å². The van der Waals surface area contributed by atoms with Crippen molar-refractivity contribution in [2.24, 2.45) is 7.05 Å². The SMILES string of the molecule is Cn1ccc2cc(NC(=O)Nc3ncccc3OCc3ccccc3)ccc21. The number of hydrogen-bond acceptors (Lipinski definition) is 3. The van der Waals surface area contributed by atoms with Crippen molar-refractivity contribution in [3.8, 4) is 5.75 Å². The zero-order valence-corrected chi connectivity index (χ0v) is 15.4. The molecule has 0 saturated carbocycles. The van der Waals surface area contributed by atoms with Gasteiger partial charge in [-0.3, -0.25) is 5.32 Å². The summed E-state index contributed by atoms with van der Waals surface area (Å²) in [7, 11) is 1.99. The lowest BCUT2D eigenvalue weighted by Crippen LogP contribution is -2.20. The largest absolute Gasteiger partial charge is 0.485 e. The van der Waals surface area contributed by atoms with E-state index in [0.717, 1.165) is 16.5 Å². The van der Waals surface area contributed by atoms with Gasteiger partial charge in [0.1, 0.15) is 6.61 Å². The third-order valence-electron chi connectivity index (χ3n) is 4.38. The summed E-state index contributed by atoms with van der Waals surface area (Å²) >= 11 is 0. The summed E-state index contributed by atoms with van der Waals surface area (Å²) in [5, 5.41) is 6.66. The molecule has 4 aromatic rings. The summed E-state index contributed by atoms with van der Waals surface area (Å²) in [4.78, 5) is 16.7. The van der Waals surface area contributed by atoms with Gasteiger partial charge in [-0.15, -0.1) is 0 Å². The van der Waals surface area contributed by atoms with Crippen molar-refractivity contribution in [3.05, 3.63) is 84.7 Å². The van der Waals surface area contributed by atoms with Gasteiger partial charge < -0.3 is 14.6 Å². The molecule has 6 heteroatoms. The number of carbonyl (C=O) groups excluding carboxylic acids is 1. The number of carbonyl (C=O) groups is 1. The van der Waals surface area contributed by atoms with Crippen LogP contribution in [0.15, 0.2) is 79.1 Å². The Kier molecular flexibility index (Phi) is 4.93. The van der Waals surface area contributed by atoms with Crippen LogP contribution in [0.25, 0.3) is 10.9 Å². The monoisotopic (exact) mass is 372 g/mol. The molecular formula is C22H20N4O2. The van der Waals surface area contributed by atoms with Gasteiger partial charge in [0, 0.05) is 36.0 Å². The van der Waals surface area contributed by atoms with Crippen molar-refractivity contribution in [1.29, 1.82) is 0 Å². The number of benzene rings is 2. The number of nitrogens with zero attached hydrogens (tertiary/aromatic N) is 2. The minimum Gasteiger partial charge on any atom is -0.485 e. The number of hydrogen-bond donors (Lipinski definition) is 2. The van der Waals surface area contributed by atoms with Crippen molar-refractivity contribution in [1.82, 2.24) is 9.55 Å².